The van der Waals surface area contributed by atoms with Gasteiger partial charge in [0.05, 0.1) is 0 Å². The first-order valence-electron chi connectivity index (χ1n) is 4.24. The van der Waals surface area contributed by atoms with Gasteiger partial charge in [-0.15, -0.1) is 0 Å². The number of benzene rings is 1. The van der Waals surface area contributed by atoms with Crippen molar-refractivity contribution in [2.24, 2.45) is 5.73 Å². The molecule has 0 fully saturated rings. The summed E-state index contributed by atoms with van der Waals surface area (Å²) in [7, 11) is 0. The summed E-state index contributed by atoms with van der Waals surface area (Å²) in [6, 6.07) is 8.49. The van der Waals surface area contributed by atoms with E-state index >= 15 is 0 Å². The van der Waals surface area contributed by atoms with Crippen LogP contribution in [0, 0.1) is 0 Å². The van der Waals surface area contributed by atoms with E-state index in [2.05, 4.69) is 0 Å². The third-order valence-corrected chi connectivity index (χ3v) is 2.29. The normalized spacial score (nSPS) is 15.8. The van der Waals surface area contributed by atoms with Crippen LogP contribution in [0.4, 0.5) is 8.78 Å². The Kier molecular flexibility index (Phi) is 2.98. The van der Waals surface area contributed by atoms with Crippen molar-refractivity contribution in [3.8, 4) is 0 Å². The van der Waals surface area contributed by atoms with Crippen molar-refractivity contribution < 1.29 is 8.78 Å². The maximum absolute atomic E-state index is 12.6. The van der Waals surface area contributed by atoms with Gasteiger partial charge in [0.25, 0.3) is 6.43 Å². The Hall–Kier alpha value is -0.960. The molecule has 0 aliphatic heterocycles. The van der Waals surface area contributed by atoms with Crippen LogP contribution in [0.15, 0.2) is 30.3 Å². The van der Waals surface area contributed by atoms with E-state index in [1.165, 1.54) is 0 Å². The minimum absolute atomic E-state index is 0.231. The molecule has 0 heterocycles. The standard InChI is InChI=1S/C10H13F2N/c1-2-10(13,9(11)12)8-6-4-3-5-7-8/h3-7,9H,2,13H2,1H3. The summed E-state index contributed by atoms with van der Waals surface area (Å²) >= 11 is 0. The van der Waals surface area contributed by atoms with Crippen molar-refractivity contribution in [1.29, 1.82) is 0 Å². The number of hydrogen-bond acceptors (Lipinski definition) is 1. The molecular weight excluding hydrogens is 172 g/mol. The molecule has 0 amide bonds. The molecule has 72 valence electrons. The van der Waals surface area contributed by atoms with Crippen LogP contribution in [0.5, 0.6) is 0 Å². The minimum Gasteiger partial charge on any atom is -0.317 e. The lowest BCUT2D eigenvalue weighted by molar-refractivity contribution is 0.0494. The maximum Gasteiger partial charge on any atom is 0.260 e. The van der Waals surface area contributed by atoms with Crippen LogP contribution < -0.4 is 5.73 Å². The van der Waals surface area contributed by atoms with Crippen LogP contribution >= 0.6 is 0 Å². The molecule has 1 rings (SSSR count). The lowest BCUT2D eigenvalue weighted by Crippen LogP contribution is -2.43. The first-order chi connectivity index (χ1) is 6.11. The average Bonchev–Trinajstić information content (AvgIpc) is 2.17. The van der Waals surface area contributed by atoms with Gasteiger partial charge in [0.1, 0.15) is 5.54 Å². The van der Waals surface area contributed by atoms with Gasteiger partial charge < -0.3 is 5.73 Å². The Labute approximate surface area is 76.6 Å². The molecular formula is C10H13F2N. The average molecular weight is 185 g/mol. The Bertz CT molecular complexity index is 261. The summed E-state index contributed by atoms with van der Waals surface area (Å²) in [5.41, 5.74) is 4.61. The molecule has 1 atom stereocenters. The second kappa shape index (κ2) is 3.83. The number of nitrogens with two attached hydrogens (primary N) is 1. The van der Waals surface area contributed by atoms with Gasteiger partial charge in [-0.05, 0) is 12.0 Å². The zero-order valence-corrected chi connectivity index (χ0v) is 7.50. The first-order valence-corrected chi connectivity index (χ1v) is 4.24. The van der Waals surface area contributed by atoms with E-state index in [4.69, 9.17) is 5.73 Å². The predicted octanol–water partition coefficient (Wildman–Crippen LogP) is 2.52. The summed E-state index contributed by atoms with van der Waals surface area (Å²) in [6.45, 7) is 1.67. The monoisotopic (exact) mass is 185 g/mol. The van der Waals surface area contributed by atoms with Gasteiger partial charge in [-0.3, -0.25) is 0 Å². The largest absolute Gasteiger partial charge is 0.317 e. The minimum atomic E-state index is -2.53. The smallest absolute Gasteiger partial charge is 0.260 e. The van der Waals surface area contributed by atoms with Crippen LogP contribution in [0.3, 0.4) is 0 Å². The summed E-state index contributed by atoms with van der Waals surface area (Å²) in [6.07, 6.45) is -2.30. The highest BCUT2D eigenvalue weighted by atomic mass is 19.3. The molecule has 13 heavy (non-hydrogen) atoms. The first kappa shape index (κ1) is 10.1. The Balaban J connectivity index is 3.03. The predicted molar refractivity (Wildman–Crippen MR) is 48.6 cm³/mol. The van der Waals surface area contributed by atoms with Crippen molar-refractivity contribution in [3.63, 3.8) is 0 Å². The summed E-state index contributed by atoms with van der Waals surface area (Å²) < 4.78 is 25.3. The summed E-state index contributed by atoms with van der Waals surface area (Å²) in [4.78, 5) is 0. The van der Waals surface area contributed by atoms with Crippen molar-refractivity contribution in [1.82, 2.24) is 0 Å². The summed E-state index contributed by atoms with van der Waals surface area (Å²) in [5, 5.41) is 0. The van der Waals surface area contributed by atoms with Crippen molar-refractivity contribution in [3.05, 3.63) is 35.9 Å². The maximum atomic E-state index is 12.6. The van der Waals surface area contributed by atoms with Gasteiger partial charge >= 0.3 is 0 Å². The van der Waals surface area contributed by atoms with Crippen molar-refractivity contribution in [2.75, 3.05) is 0 Å². The Morgan fingerprint density at radius 3 is 2.23 bits per heavy atom. The molecule has 0 aliphatic carbocycles. The van der Waals surface area contributed by atoms with E-state index in [1.807, 2.05) is 0 Å². The van der Waals surface area contributed by atoms with Gasteiger partial charge in [-0.1, -0.05) is 37.3 Å². The van der Waals surface area contributed by atoms with Gasteiger partial charge in [0.2, 0.25) is 0 Å². The molecule has 1 aromatic carbocycles. The van der Waals surface area contributed by atoms with Crippen LogP contribution in [-0.2, 0) is 5.54 Å². The number of halogens is 2. The third-order valence-electron chi connectivity index (χ3n) is 2.29. The molecule has 0 saturated carbocycles. The van der Waals surface area contributed by atoms with Gasteiger partial charge in [-0.25, -0.2) is 8.78 Å². The van der Waals surface area contributed by atoms with E-state index < -0.39 is 12.0 Å². The fourth-order valence-corrected chi connectivity index (χ4v) is 1.23. The zero-order chi connectivity index (χ0) is 9.90. The Morgan fingerprint density at radius 2 is 1.85 bits per heavy atom. The highest BCUT2D eigenvalue weighted by Crippen LogP contribution is 2.28. The van der Waals surface area contributed by atoms with Gasteiger partial charge in [0.15, 0.2) is 0 Å². The zero-order valence-electron chi connectivity index (χ0n) is 7.50. The number of rotatable bonds is 3. The van der Waals surface area contributed by atoms with Gasteiger partial charge in [-0.2, -0.15) is 0 Å². The lowest BCUT2D eigenvalue weighted by atomic mass is 9.89. The van der Waals surface area contributed by atoms with Gasteiger partial charge in [0, 0.05) is 0 Å². The lowest BCUT2D eigenvalue weighted by Gasteiger charge is -2.27. The molecule has 3 heteroatoms. The topological polar surface area (TPSA) is 26.0 Å². The molecule has 1 nitrogen and oxygen atoms in total. The highest BCUT2D eigenvalue weighted by Gasteiger charge is 2.35. The fraction of sp³-hybridized carbons (Fsp3) is 0.400. The van der Waals surface area contributed by atoms with E-state index in [-0.39, 0.29) is 6.42 Å². The second-order valence-corrected chi connectivity index (χ2v) is 3.06. The Morgan fingerprint density at radius 1 is 1.31 bits per heavy atom. The van der Waals surface area contributed by atoms with Crippen LogP contribution in [0.1, 0.15) is 18.9 Å². The SMILES string of the molecule is CCC(N)(c1ccccc1)C(F)F. The van der Waals surface area contributed by atoms with E-state index in [9.17, 15) is 8.78 Å². The fourth-order valence-electron chi connectivity index (χ4n) is 1.23. The molecule has 1 aromatic rings. The van der Waals surface area contributed by atoms with Crippen LogP contribution in [0.2, 0.25) is 0 Å². The van der Waals surface area contributed by atoms with Crippen LogP contribution in [-0.4, -0.2) is 6.43 Å². The molecule has 0 spiro atoms. The number of hydrogen-bond donors (Lipinski definition) is 1. The molecule has 0 radical (unpaired) electrons. The quantitative estimate of drug-likeness (QED) is 0.769. The molecule has 0 bridgehead atoms. The third kappa shape index (κ3) is 1.86. The molecule has 1 unspecified atom stereocenters. The van der Waals surface area contributed by atoms with Crippen molar-refractivity contribution in [2.45, 2.75) is 25.3 Å². The molecule has 0 aliphatic rings. The molecule has 0 aromatic heterocycles. The van der Waals surface area contributed by atoms with E-state index in [0.717, 1.165) is 0 Å². The summed E-state index contributed by atoms with van der Waals surface area (Å²) in [5.74, 6) is 0. The van der Waals surface area contributed by atoms with E-state index in [1.54, 1.807) is 37.3 Å². The molecule has 2 N–H and O–H groups in total. The van der Waals surface area contributed by atoms with E-state index in [0.29, 0.717) is 5.56 Å². The van der Waals surface area contributed by atoms with Crippen molar-refractivity contribution >= 4 is 0 Å². The number of alkyl halides is 2. The van der Waals surface area contributed by atoms with Crippen LogP contribution in [0.25, 0.3) is 0 Å². The molecule has 0 saturated heterocycles. The second-order valence-electron chi connectivity index (χ2n) is 3.06. The highest BCUT2D eigenvalue weighted by molar-refractivity contribution is 5.24.